The summed E-state index contributed by atoms with van der Waals surface area (Å²) in [7, 11) is -3.69. The van der Waals surface area contributed by atoms with Crippen molar-refractivity contribution in [1.29, 1.82) is 0 Å². The second-order valence-corrected chi connectivity index (χ2v) is 8.39. The molecule has 0 bridgehead atoms. The molecule has 0 spiro atoms. The van der Waals surface area contributed by atoms with Gasteiger partial charge in [0, 0.05) is 5.56 Å². The molecular formula is C19H20FN3O3S. The summed E-state index contributed by atoms with van der Waals surface area (Å²) in [5.41, 5.74) is 1.21. The van der Waals surface area contributed by atoms with E-state index in [2.05, 4.69) is 15.0 Å². The molecule has 2 N–H and O–H groups in total. The molecule has 1 aliphatic rings. The van der Waals surface area contributed by atoms with Gasteiger partial charge in [-0.1, -0.05) is 32.0 Å². The Kier molecular flexibility index (Phi) is 5.01. The number of hydrogen-bond donors (Lipinski definition) is 2. The van der Waals surface area contributed by atoms with E-state index in [-0.39, 0.29) is 22.3 Å². The Hall–Kier alpha value is -2.74. The Labute approximate surface area is 157 Å². The van der Waals surface area contributed by atoms with Crippen molar-refractivity contribution in [3.63, 3.8) is 0 Å². The van der Waals surface area contributed by atoms with E-state index in [4.69, 9.17) is 0 Å². The molecule has 0 aliphatic carbocycles. The number of hydrogen-bond acceptors (Lipinski definition) is 4. The van der Waals surface area contributed by atoms with E-state index >= 15 is 0 Å². The number of rotatable bonds is 4. The monoisotopic (exact) mass is 389 g/mol. The van der Waals surface area contributed by atoms with Crippen LogP contribution in [-0.2, 0) is 14.8 Å². The largest absolute Gasteiger partial charge is 0.322 e. The first-order valence-electron chi connectivity index (χ1n) is 8.46. The van der Waals surface area contributed by atoms with Gasteiger partial charge in [-0.25, -0.2) is 12.8 Å². The Morgan fingerprint density at radius 3 is 2.56 bits per heavy atom. The van der Waals surface area contributed by atoms with Gasteiger partial charge in [-0.05, 0) is 42.7 Å². The third kappa shape index (κ3) is 3.85. The minimum Gasteiger partial charge on any atom is -0.322 e. The van der Waals surface area contributed by atoms with Gasteiger partial charge >= 0.3 is 0 Å². The molecule has 1 heterocycles. The zero-order chi connectivity index (χ0) is 19.8. The Morgan fingerprint density at radius 2 is 1.89 bits per heavy atom. The molecule has 1 atom stereocenters. The maximum Gasteiger partial charge on any atom is 0.263 e. The molecule has 142 valence electrons. The summed E-state index contributed by atoms with van der Waals surface area (Å²) in [6, 6.07) is 10.0. The summed E-state index contributed by atoms with van der Waals surface area (Å²) in [6.07, 6.45) is 0. The van der Waals surface area contributed by atoms with Gasteiger partial charge < -0.3 is 5.32 Å². The van der Waals surface area contributed by atoms with Crippen molar-refractivity contribution in [2.75, 3.05) is 5.32 Å². The van der Waals surface area contributed by atoms with E-state index in [0.717, 1.165) is 5.56 Å². The Balaban J connectivity index is 1.93. The number of halogens is 1. The highest BCUT2D eigenvalue weighted by atomic mass is 32.2. The second kappa shape index (κ2) is 7.11. The number of aryl methyl sites for hydroxylation is 1. The highest BCUT2D eigenvalue weighted by Gasteiger charge is 2.32. The molecule has 0 radical (unpaired) electrons. The number of nitrogens with one attached hydrogen (secondary N) is 2. The summed E-state index contributed by atoms with van der Waals surface area (Å²) >= 11 is 0. The minimum atomic E-state index is -3.69. The SMILES string of the molecule is Cc1ccc(NC(=O)[C@H](N=C2NS(=O)(=O)c3ccccc32)C(C)C)c(F)c1. The van der Waals surface area contributed by atoms with Crippen molar-refractivity contribution in [2.45, 2.75) is 31.7 Å². The number of anilines is 1. The molecule has 27 heavy (non-hydrogen) atoms. The number of sulfonamides is 1. The molecule has 2 aromatic carbocycles. The first kappa shape index (κ1) is 19.0. The van der Waals surface area contributed by atoms with Gasteiger partial charge in [0.25, 0.3) is 10.0 Å². The summed E-state index contributed by atoms with van der Waals surface area (Å²) in [5, 5.41) is 2.54. The second-order valence-electron chi connectivity index (χ2n) is 6.74. The first-order chi connectivity index (χ1) is 12.7. The van der Waals surface area contributed by atoms with Crippen molar-refractivity contribution < 1.29 is 17.6 Å². The van der Waals surface area contributed by atoms with Crippen LogP contribution in [0.15, 0.2) is 52.4 Å². The van der Waals surface area contributed by atoms with Crippen LogP contribution in [0.1, 0.15) is 25.0 Å². The van der Waals surface area contributed by atoms with E-state index < -0.39 is 27.8 Å². The van der Waals surface area contributed by atoms with Crippen LogP contribution in [0, 0.1) is 18.7 Å². The van der Waals surface area contributed by atoms with Gasteiger partial charge in [-0.3, -0.25) is 14.5 Å². The highest BCUT2D eigenvalue weighted by molar-refractivity contribution is 7.90. The number of fused-ring (bicyclic) bond motifs is 1. The predicted octanol–water partition coefficient (Wildman–Crippen LogP) is 2.84. The lowest BCUT2D eigenvalue weighted by Gasteiger charge is -2.17. The quantitative estimate of drug-likeness (QED) is 0.843. The Bertz CT molecular complexity index is 1030. The summed E-state index contributed by atoms with van der Waals surface area (Å²) in [4.78, 5) is 17.2. The zero-order valence-corrected chi connectivity index (χ0v) is 16.0. The molecule has 1 amide bonds. The summed E-state index contributed by atoms with van der Waals surface area (Å²) < 4.78 is 40.8. The van der Waals surface area contributed by atoms with Crippen molar-refractivity contribution in [3.05, 3.63) is 59.4 Å². The van der Waals surface area contributed by atoms with Crippen LogP contribution in [0.4, 0.5) is 10.1 Å². The van der Waals surface area contributed by atoms with Crippen LogP contribution in [0.25, 0.3) is 0 Å². The number of amides is 1. The van der Waals surface area contributed by atoms with Gasteiger partial charge in [-0.15, -0.1) is 0 Å². The summed E-state index contributed by atoms with van der Waals surface area (Å²) in [6.45, 7) is 5.32. The maximum absolute atomic E-state index is 14.0. The number of carbonyl (C=O) groups excluding carboxylic acids is 1. The fourth-order valence-corrected chi connectivity index (χ4v) is 4.05. The van der Waals surface area contributed by atoms with E-state index in [1.165, 1.54) is 18.2 Å². The Morgan fingerprint density at radius 1 is 1.19 bits per heavy atom. The van der Waals surface area contributed by atoms with Gasteiger partial charge in [0.15, 0.2) is 0 Å². The number of benzene rings is 2. The van der Waals surface area contributed by atoms with Crippen molar-refractivity contribution >= 4 is 27.5 Å². The molecule has 2 aromatic rings. The third-order valence-corrected chi connectivity index (χ3v) is 5.61. The lowest BCUT2D eigenvalue weighted by Crippen LogP contribution is -2.34. The normalized spacial score (nSPS) is 17.4. The van der Waals surface area contributed by atoms with Crippen LogP contribution in [0.5, 0.6) is 0 Å². The number of carbonyl (C=O) groups is 1. The van der Waals surface area contributed by atoms with E-state index in [1.54, 1.807) is 45.0 Å². The van der Waals surface area contributed by atoms with Crippen molar-refractivity contribution in [2.24, 2.45) is 10.9 Å². The summed E-state index contributed by atoms with van der Waals surface area (Å²) in [5.74, 6) is -1.17. The van der Waals surface area contributed by atoms with Crippen LogP contribution in [0.2, 0.25) is 0 Å². The number of nitrogens with zero attached hydrogens (tertiary/aromatic N) is 1. The average molecular weight is 389 g/mol. The molecule has 0 saturated heterocycles. The maximum atomic E-state index is 14.0. The third-order valence-electron chi connectivity index (χ3n) is 4.21. The molecule has 8 heteroatoms. The molecule has 1 aliphatic heterocycles. The van der Waals surface area contributed by atoms with Gasteiger partial charge in [0.2, 0.25) is 5.91 Å². The molecule has 3 rings (SSSR count). The standard InChI is InChI=1S/C19H20FN3O3S/c1-11(2)17(19(24)21-15-9-8-12(3)10-14(15)20)22-18-13-6-4-5-7-16(13)27(25,26)23-18/h4-11,17H,1-3H3,(H,21,24)(H,22,23)/t17-/m1/s1. The molecule has 0 saturated carbocycles. The number of aliphatic imine (C=N–C) groups is 1. The average Bonchev–Trinajstić information content (AvgIpc) is 2.86. The topological polar surface area (TPSA) is 87.6 Å². The number of amidine groups is 1. The lowest BCUT2D eigenvalue weighted by atomic mass is 10.0. The molecule has 0 aromatic heterocycles. The lowest BCUT2D eigenvalue weighted by molar-refractivity contribution is -0.118. The van der Waals surface area contributed by atoms with Crippen LogP contribution in [0.3, 0.4) is 0 Å². The predicted molar refractivity (Wildman–Crippen MR) is 102 cm³/mol. The molecular weight excluding hydrogens is 369 g/mol. The van der Waals surface area contributed by atoms with Crippen LogP contribution in [-0.4, -0.2) is 26.2 Å². The van der Waals surface area contributed by atoms with Gasteiger partial charge in [0.05, 0.1) is 10.6 Å². The van der Waals surface area contributed by atoms with Crippen molar-refractivity contribution in [1.82, 2.24) is 4.72 Å². The van der Waals surface area contributed by atoms with Gasteiger partial charge in [-0.2, -0.15) is 0 Å². The van der Waals surface area contributed by atoms with Gasteiger partial charge in [0.1, 0.15) is 17.7 Å². The molecule has 6 nitrogen and oxygen atoms in total. The van der Waals surface area contributed by atoms with E-state index in [0.29, 0.717) is 5.56 Å². The smallest absolute Gasteiger partial charge is 0.263 e. The van der Waals surface area contributed by atoms with Crippen LogP contribution >= 0.6 is 0 Å². The van der Waals surface area contributed by atoms with Crippen molar-refractivity contribution in [3.8, 4) is 0 Å². The first-order valence-corrected chi connectivity index (χ1v) is 9.94. The highest BCUT2D eigenvalue weighted by Crippen LogP contribution is 2.24. The van der Waals surface area contributed by atoms with E-state index in [1.807, 2.05) is 0 Å². The minimum absolute atomic E-state index is 0.0591. The molecule has 0 unspecified atom stereocenters. The zero-order valence-electron chi connectivity index (χ0n) is 15.2. The fourth-order valence-electron chi connectivity index (χ4n) is 2.81. The van der Waals surface area contributed by atoms with Crippen LogP contribution < -0.4 is 10.0 Å². The fraction of sp³-hybridized carbons (Fsp3) is 0.263. The van der Waals surface area contributed by atoms with E-state index in [9.17, 15) is 17.6 Å². The molecule has 0 fully saturated rings.